The molecule has 2 aliphatic rings. The number of nitrogens with zero attached hydrogens (tertiary/aromatic N) is 6. The van der Waals surface area contributed by atoms with Gasteiger partial charge in [0.05, 0.1) is 11.6 Å². The quantitative estimate of drug-likeness (QED) is 0.707. The summed E-state index contributed by atoms with van der Waals surface area (Å²) in [5, 5.41) is 12.9. The first-order chi connectivity index (χ1) is 12.6. The minimum absolute atomic E-state index is 0.0328. The molecule has 3 rings (SSSR count). The maximum atomic E-state index is 4.50. The number of hydrogen-bond acceptors (Lipinski definition) is 5. The third-order valence-corrected chi connectivity index (χ3v) is 6.69. The van der Waals surface area contributed by atoms with E-state index in [1.165, 1.54) is 51.6 Å². The number of tetrazole rings is 1. The van der Waals surface area contributed by atoms with Crippen molar-refractivity contribution in [3.05, 3.63) is 5.82 Å². The van der Waals surface area contributed by atoms with Crippen molar-refractivity contribution in [3.63, 3.8) is 0 Å². The van der Waals surface area contributed by atoms with Crippen molar-refractivity contribution in [3.8, 4) is 0 Å². The molecule has 1 aliphatic carbocycles. The van der Waals surface area contributed by atoms with Crippen LogP contribution in [0.25, 0.3) is 0 Å². The van der Waals surface area contributed by atoms with E-state index in [-0.39, 0.29) is 5.54 Å². The molecule has 0 amide bonds. The van der Waals surface area contributed by atoms with Crippen molar-refractivity contribution in [2.45, 2.75) is 96.7 Å². The van der Waals surface area contributed by atoms with Gasteiger partial charge in [-0.2, -0.15) is 0 Å². The summed E-state index contributed by atoms with van der Waals surface area (Å²) >= 11 is 0. The minimum atomic E-state index is -0.0328. The van der Waals surface area contributed by atoms with Gasteiger partial charge >= 0.3 is 0 Å². The zero-order valence-corrected chi connectivity index (χ0v) is 17.3. The highest BCUT2D eigenvalue weighted by Gasteiger charge is 2.34. The first-order valence-electron chi connectivity index (χ1n) is 10.8. The Balaban J connectivity index is 1.72. The van der Waals surface area contributed by atoms with Gasteiger partial charge in [0, 0.05) is 32.2 Å². The van der Waals surface area contributed by atoms with Crippen LogP contribution in [0.4, 0.5) is 0 Å². The van der Waals surface area contributed by atoms with Gasteiger partial charge in [-0.15, -0.1) is 5.10 Å². The SMILES string of the molecule is CCCC[C@@H](c1nnnn1C(C)(C)CC)N1CCN(C2CCCC2)CC1. The van der Waals surface area contributed by atoms with Crippen LogP contribution in [0.3, 0.4) is 0 Å². The molecular weight excluding hydrogens is 324 g/mol. The minimum Gasteiger partial charge on any atom is -0.298 e. The van der Waals surface area contributed by atoms with E-state index in [9.17, 15) is 0 Å². The number of unbranched alkanes of at least 4 members (excludes halogenated alkanes) is 1. The Morgan fingerprint density at radius 3 is 2.38 bits per heavy atom. The summed E-state index contributed by atoms with van der Waals surface area (Å²) in [5.41, 5.74) is -0.0328. The van der Waals surface area contributed by atoms with Crippen molar-refractivity contribution in [2.24, 2.45) is 0 Å². The van der Waals surface area contributed by atoms with Crippen LogP contribution in [-0.2, 0) is 5.54 Å². The van der Waals surface area contributed by atoms with Gasteiger partial charge in [-0.3, -0.25) is 9.80 Å². The van der Waals surface area contributed by atoms with Crippen molar-refractivity contribution in [2.75, 3.05) is 26.2 Å². The second kappa shape index (κ2) is 8.79. The van der Waals surface area contributed by atoms with Crippen LogP contribution in [0, 0.1) is 0 Å². The topological polar surface area (TPSA) is 50.1 Å². The summed E-state index contributed by atoms with van der Waals surface area (Å²) in [6.07, 6.45) is 10.3. The lowest BCUT2D eigenvalue weighted by Crippen LogP contribution is -2.51. The Morgan fingerprint density at radius 1 is 1.08 bits per heavy atom. The van der Waals surface area contributed by atoms with E-state index in [1.807, 2.05) is 0 Å². The highest BCUT2D eigenvalue weighted by molar-refractivity contribution is 4.99. The van der Waals surface area contributed by atoms with Gasteiger partial charge < -0.3 is 0 Å². The third-order valence-electron chi connectivity index (χ3n) is 6.69. The first kappa shape index (κ1) is 19.7. The lowest BCUT2D eigenvalue weighted by molar-refractivity contribution is 0.0599. The molecule has 2 fully saturated rings. The average molecular weight is 363 g/mol. The monoisotopic (exact) mass is 362 g/mol. The van der Waals surface area contributed by atoms with E-state index in [1.54, 1.807) is 0 Å². The molecule has 1 aromatic heterocycles. The molecule has 0 spiro atoms. The molecule has 1 saturated heterocycles. The van der Waals surface area contributed by atoms with Crippen LogP contribution in [0.5, 0.6) is 0 Å². The predicted molar refractivity (Wildman–Crippen MR) is 105 cm³/mol. The fourth-order valence-corrected chi connectivity index (χ4v) is 4.54. The van der Waals surface area contributed by atoms with Crippen molar-refractivity contribution in [1.29, 1.82) is 0 Å². The zero-order valence-electron chi connectivity index (χ0n) is 17.3. The molecule has 0 aromatic carbocycles. The van der Waals surface area contributed by atoms with Crippen LogP contribution in [0.2, 0.25) is 0 Å². The van der Waals surface area contributed by atoms with Gasteiger partial charge in [0.25, 0.3) is 0 Å². The fraction of sp³-hybridized carbons (Fsp3) is 0.950. The number of piperazine rings is 1. The Hall–Kier alpha value is -1.01. The lowest BCUT2D eigenvalue weighted by atomic mass is 10.00. The highest BCUT2D eigenvalue weighted by Crippen LogP contribution is 2.31. The Morgan fingerprint density at radius 2 is 1.77 bits per heavy atom. The van der Waals surface area contributed by atoms with Crippen molar-refractivity contribution >= 4 is 0 Å². The molecule has 1 saturated carbocycles. The summed E-state index contributed by atoms with van der Waals surface area (Å²) < 4.78 is 2.09. The maximum Gasteiger partial charge on any atom is 0.168 e. The van der Waals surface area contributed by atoms with E-state index in [0.717, 1.165) is 37.8 Å². The Labute approximate surface area is 159 Å². The number of hydrogen-bond donors (Lipinski definition) is 0. The fourth-order valence-electron chi connectivity index (χ4n) is 4.54. The third kappa shape index (κ3) is 4.28. The summed E-state index contributed by atoms with van der Waals surface area (Å²) in [4.78, 5) is 5.38. The highest BCUT2D eigenvalue weighted by atomic mass is 15.6. The van der Waals surface area contributed by atoms with Crippen molar-refractivity contribution < 1.29 is 0 Å². The van der Waals surface area contributed by atoms with E-state index in [2.05, 4.69) is 57.7 Å². The molecule has 6 nitrogen and oxygen atoms in total. The van der Waals surface area contributed by atoms with Crippen LogP contribution in [-0.4, -0.2) is 62.2 Å². The molecule has 1 aliphatic heterocycles. The molecule has 26 heavy (non-hydrogen) atoms. The Kier molecular flexibility index (Phi) is 6.67. The molecule has 0 N–H and O–H groups in total. The smallest absolute Gasteiger partial charge is 0.168 e. The summed E-state index contributed by atoms with van der Waals surface area (Å²) in [5.74, 6) is 1.07. The molecular formula is C20H38N6. The Bertz CT molecular complexity index is 540. The van der Waals surface area contributed by atoms with E-state index in [0.29, 0.717) is 6.04 Å². The molecule has 0 radical (unpaired) electrons. The van der Waals surface area contributed by atoms with E-state index in [4.69, 9.17) is 0 Å². The summed E-state index contributed by atoms with van der Waals surface area (Å²) in [6, 6.07) is 1.19. The summed E-state index contributed by atoms with van der Waals surface area (Å²) in [7, 11) is 0. The van der Waals surface area contributed by atoms with Crippen LogP contribution in [0.1, 0.15) is 90.9 Å². The lowest BCUT2D eigenvalue weighted by Gasteiger charge is -2.41. The van der Waals surface area contributed by atoms with Crippen LogP contribution in [0.15, 0.2) is 0 Å². The molecule has 1 aromatic rings. The second-order valence-electron chi connectivity index (χ2n) is 8.78. The van der Waals surface area contributed by atoms with Gasteiger partial charge in [-0.05, 0) is 50.0 Å². The van der Waals surface area contributed by atoms with Gasteiger partial charge in [-0.1, -0.05) is 39.5 Å². The number of rotatable bonds is 8. The van der Waals surface area contributed by atoms with Gasteiger partial charge in [-0.25, -0.2) is 4.68 Å². The molecule has 1 atom stereocenters. The molecule has 148 valence electrons. The van der Waals surface area contributed by atoms with Gasteiger partial charge in [0.15, 0.2) is 5.82 Å². The second-order valence-corrected chi connectivity index (χ2v) is 8.78. The van der Waals surface area contributed by atoms with Gasteiger partial charge in [0.2, 0.25) is 0 Å². The van der Waals surface area contributed by atoms with Crippen LogP contribution < -0.4 is 0 Å². The first-order valence-corrected chi connectivity index (χ1v) is 10.8. The molecule has 2 heterocycles. The molecule has 0 bridgehead atoms. The van der Waals surface area contributed by atoms with E-state index >= 15 is 0 Å². The molecule has 6 heteroatoms. The predicted octanol–water partition coefficient (Wildman–Crippen LogP) is 3.61. The largest absolute Gasteiger partial charge is 0.298 e. The van der Waals surface area contributed by atoms with Gasteiger partial charge in [0.1, 0.15) is 0 Å². The van der Waals surface area contributed by atoms with Crippen LogP contribution >= 0.6 is 0 Å². The zero-order chi connectivity index (χ0) is 18.6. The van der Waals surface area contributed by atoms with E-state index < -0.39 is 0 Å². The summed E-state index contributed by atoms with van der Waals surface area (Å²) in [6.45, 7) is 13.6. The average Bonchev–Trinajstić information content (AvgIpc) is 3.35. The normalized spacial score (nSPS) is 22.2. The standard InChI is InChI=1S/C20H38N6/c1-5-7-12-18(19-21-22-23-26(19)20(3,4)6-2)25-15-13-24(14-16-25)17-10-8-9-11-17/h17-18H,5-16H2,1-4H3/t18-/m0/s1. The number of aromatic nitrogens is 4. The van der Waals surface area contributed by atoms with Crippen molar-refractivity contribution in [1.82, 2.24) is 30.0 Å². The maximum absolute atomic E-state index is 4.50. The molecule has 0 unspecified atom stereocenters.